The summed E-state index contributed by atoms with van der Waals surface area (Å²) < 4.78 is 37.8. The topological polar surface area (TPSA) is 80.0 Å². The predicted octanol–water partition coefficient (Wildman–Crippen LogP) is 0.130. The maximum atomic E-state index is 12.9. The molecule has 0 spiro atoms. The second kappa shape index (κ2) is 5.42. The van der Waals surface area contributed by atoms with Gasteiger partial charge in [-0.15, -0.1) is 0 Å². The van der Waals surface area contributed by atoms with E-state index in [4.69, 9.17) is 11.5 Å². The molecule has 0 heterocycles. The normalized spacial score (nSPS) is 12.5. The summed E-state index contributed by atoms with van der Waals surface area (Å²) in [5.74, 6) is -0.816. The van der Waals surface area contributed by atoms with Crippen LogP contribution in [0.1, 0.15) is 6.92 Å². The van der Waals surface area contributed by atoms with Gasteiger partial charge in [-0.2, -0.15) is 13.8 Å². The lowest BCUT2D eigenvalue weighted by molar-refractivity contribution is -0.114. The SMILES string of the molecule is CCN=C(N=C(N)N)N(C)C(F)(F)CF. The highest BCUT2D eigenvalue weighted by atomic mass is 19.3. The van der Waals surface area contributed by atoms with Crippen LogP contribution in [0.25, 0.3) is 0 Å². The molecule has 0 radical (unpaired) electrons. The average Bonchev–Trinajstić information content (AvgIpc) is 2.15. The Bertz CT molecular complexity index is 259. The zero-order chi connectivity index (χ0) is 12.1. The van der Waals surface area contributed by atoms with Crippen LogP contribution in [0, 0.1) is 0 Å². The van der Waals surface area contributed by atoms with Gasteiger partial charge in [0.05, 0.1) is 0 Å². The molecule has 0 atom stereocenters. The first-order valence-electron chi connectivity index (χ1n) is 4.16. The van der Waals surface area contributed by atoms with E-state index in [0.29, 0.717) is 0 Å². The molecule has 0 rings (SSSR count). The lowest BCUT2D eigenvalue weighted by Crippen LogP contribution is -2.45. The Morgan fingerprint density at radius 1 is 1.40 bits per heavy atom. The van der Waals surface area contributed by atoms with E-state index in [1.807, 2.05) is 0 Å². The molecule has 8 heteroatoms. The molecule has 0 saturated heterocycles. The molecule has 0 fully saturated rings. The van der Waals surface area contributed by atoms with Crippen LogP contribution in [-0.4, -0.2) is 43.1 Å². The molecule has 0 aromatic carbocycles. The van der Waals surface area contributed by atoms with E-state index in [9.17, 15) is 13.2 Å². The van der Waals surface area contributed by atoms with Crippen LogP contribution in [0.5, 0.6) is 0 Å². The second-order valence-electron chi connectivity index (χ2n) is 2.67. The molecule has 0 aliphatic rings. The number of nitrogens with zero attached hydrogens (tertiary/aromatic N) is 3. The van der Waals surface area contributed by atoms with Gasteiger partial charge in [0.1, 0.15) is 0 Å². The standard InChI is InChI=1S/C7H14F3N5/c1-3-13-6(14-5(11)12)15(2)7(9,10)4-8/h3-4H2,1-2H3,(H4,11,12,13,14). The fourth-order valence-corrected chi connectivity index (χ4v) is 0.709. The Labute approximate surface area is 85.7 Å². The van der Waals surface area contributed by atoms with Gasteiger partial charge in [0.2, 0.25) is 5.96 Å². The molecule has 15 heavy (non-hydrogen) atoms. The maximum Gasteiger partial charge on any atom is 0.355 e. The van der Waals surface area contributed by atoms with Crippen LogP contribution in [0.3, 0.4) is 0 Å². The van der Waals surface area contributed by atoms with Gasteiger partial charge >= 0.3 is 6.05 Å². The summed E-state index contributed by atoms with van der Waals surface area (Å²) in [6, 6.07) is -3.67. The highest BCUT2D eigenvalue weighted by Crippen LogP contribution is 2.19. The summed E-state index contributed by atoms with van der Waals surface area (Å²) in [7, 11) is 0.959. The monoisotopic (exact) mass is 225 g/mol. The number of aliphatic imine (C=N–C) groups is 2. The Morgan fingerprint density at radius 3 is 2.27 bits per heavy atom. The quantitative estimate of drug-likeness (QED) is 0.407. The van der Waals surface area contributed by atoms with E-state index in [2.05, 4.69) is 9.98 Å². The molecule has 0 unspecified atom stereocenters. The minimum Gasteiger partial charge on any atom is -0.370 e. The zero-order valence-electron chi connectivity index (χ0n) is 8.54. The molecule has 0 aliphatic carbocycles. The number of hydrogen-bond donors (Lipinski definition) is 2. The van der Waals surface area contributed by atoms with Gasteiger partial charge in [-0.3, -0.25) is 9.89 Å². The van der Waals surface area contributed by atoms with Crippen molar-refractivity contribution < 1.29 is 13.2 Å². The highest BCUT2D eigenvalue weighted by Gasteiger charge is 2.36. The molecule has 0 aromatic rings. The van der Waals surface area contributed by atoms with E-state index < -0.39 is 24.6 Å². The molecule has 0 saturated carbocycles. The van der Waals surface area contributed by atoms with E-state index in [1.54, 1.807) is 6.92 Å². The predicted molar refractivity (Wildman–Crippen MR) is 52.5 cm³/mol. The summed E-state index contributed by atoms with van der Waals surface area (Å²) in [6.07, 6.45) is 0. The van der Waals surface area contributed by atoms with Crippen LogP contribution in [0.2, 0.25) is 0 Å². The largest absolute Gasteiger partial charge is 0.370 e. The first kappa shape index (κ1) is 13.5. The first-order chi connectivity index (χ1) is 6.85. The number of guanidine groups is 2. The van der Waals surface area contributed by atoms with Gasteiger partial charge in [-0.05, 0) is 6.92 Å². The van der Waals surface area contributed by atoms with Gasteiger partial charge in [-0.25, -0.2) is 4.39 Å². The molecule has 4 N–H and O–H groups in total. The van der Waals surface area contributed by atoms with Gasteiger partial charge < -0.3 is 11.5 Å². The number of hydrogen-bond acceptors (Lipinski definition) is 1. The van der Waals surface area contributed by atoms with Crippen molar-refractivity contribution >= 4 is 11.9 Å². The molecular formula is C7H14F3N5. The van der Waals surface area contributed by atoms with Gasteiger partial charge in [0, 0.05) is 13.6 Å². The van der Waals surface area contributed by atoms with Gasteiger partial charge in [0.15, 0.2) is 12.6 Å². The smallest absolute Gasteiger partial charge is 0.355 e. The third kappa shape index (κ3) is 4.05. The first-order valence-corrected chi connectivity index (χ1v) is 4.16. The van der Waals surface area contributed by atoms with Crippen molar-refractivity contribution in [3.05, 3.63) is 0 Å². The second-order valence-corrected chi connectivity index (χ2v) is 2.67. The molecule has 0 amide bonds. The number of nitrogens with two attached hydrogens (primary N) is 2. The van der Waals surface area contributed by atoms with Gasteiger partial charge in [0.25, 0.3) is 0 Å². The lowest BCUT2D eigenvalue weighted by atomic mass is 10.5. The molecule has 0 aliphatic heterocycles. The van der Waals surface area contributed by atoms with Crippen molar-refractivity contribution in [2.75, 3.05) is 20.3 Å². The van der Waals surface area contributed by atoms with Gasteiger partial charge in [-0.1, -0.05) is 0 Å². The summed E-state index contributed by atoms with van der Waals surface area (Å²) in [6.45, 7) is -0.0191. The highest BCUT2D eigenvalue weighted by molar-refractivity contribution is 5.93. The van der Waals surface area contributed by atoms with Crippen molar-refractivity contribution in [1.82, 2.24) is 4.90 Å². The van der Waals surface area contributed by atoms with E-state index in [1.165, 1.54) is 0 Å². The Kier molecular flexibility index (Phi) is 4.89. The van der Waals surface area contributed by atoms with Crippen LogP contribution >= 0.6 is 0 Å². The van der Waals surface area contributed by atoms with Crippen LogP contribution < -0.4 is 11.5 Å². The fourth-order valence-electron chi connectivity index (χ4n) is 0.709. The van der Waals surface area contributed by atoms with Crippen molar-refractivity contribution in [3.63, 3.8) is 0 Å². The van der Waals surface area contributed by atoms with E-state index in [0.717, 1.165) is 7.05 Å². The van der Waals surface area contributed by atoms with Crippen molar-refractivity contribution in [1.29, 1.82) is 0 Å². The number of alkyl halides is 3. The average molecular weight is 225 g/mol. The Balaban J connectivity index is 4.95. The Hall–Kier alpha value is -1.47. The molecule has 5 nitrogen and oxygen atoms in total. The maximum absolute atomic E-state index is 12.9. The van der Waals surface area contributed by atoms with Crippen molar-refractivity contribution in [3.8, 4) is 0 Å². The van der Waals surface area contributed by atoms with Crippen molar-refractivity contribution in [2.24, 2.45) is 21.5 Å². The summed E-state index contributed by atoms with van der Waals surface area (Å²) >= 11 is 0. The number of rotatable bonds is 3. The van der Waals surface area contributed by atoms with E-state index >= 15 is 0 Å². The summed E-state index contributed by atoms with van der Waals surface area (Å²) in [5.41, 5.74) is 10.1. The minimum atomic E-state index is -3.67. The lowest BCUT2D eigenvalue weighted by Gasteiger charge is -2.25. The number of halogens is 3. The van der Waals surface area contributed by atoms with Crippen LogP contribution in [0.4, 0.5) is 13.2 Å². The minimum absolute atomic E-state index is 0.207. The molecule has 88 valence electrons. The third-order valence-electron chi connectivity index (χ3n) is 1.48. The van der Waals surface area contributed by atoms with Crippen LogP contribution in [0.15, 0.2) is 9.98 Å². The molecule has 0 bridgehead atoms. The van der Waals surface area contributed by atoms with Crippen molar-refractivity contribution in [2.45, 2.75) is 13.0 Å². The fraction of sp³-hybridized carbons (Fsp3) is 0.714. The zero-order valence-corrected chi connectivity index (χ0v) is 8.54. The summed E-state index contributed by atoms with van der Waals surface area (Å²) in [5, 5.41) is 0. The van der Waals surface area contributed by atoms with Crippen LogP contribution in [-0.2, 0) is 0 Å². The third-order valence-corrected chi connectivity index (χ3v) is 1.48. The van der Waals surface area contributed by atoms with E-state index in [-0.39, 0.29) is 11.4 Å². The Morgan fingerprint density at radius 2 is 1.93 bits per heavy atom. The summed E-state index contributed by atoms with van der Waals surface area (Å²) in [4.78, 5) is 7.30. The molecule has 0 aromatic heterocycles. The molecular weight excluding hydrogens is 211 g/mol.